The van der Waals surface area contributed by atoms with E-state index < -0.39 is 46.9 Å². The molecule has 0 aromatic rings. The van der Waals surface area contributed by atoms with Gasteiger partial charge in [-0.2, -0.15) is 0 Å². The van der Waals surface area contributed by atoms with Gasteiger partial charge in [0, 0.05) is 97.8 Å². The maximum Gasteiger partial charge on any atom is 0.472 e. The van der Waals surface area contributed by atoms with Crippen LogP contribution in [0.15, 0.2) is 0 Å². The van der Waals surface area contributed by atoms with Crippen LogP contribution in [0.4, 0.5) is 0 Å². The molecule has 1 rings (SSSR count). The van der Waals surface area contributed by atoms with Crippen molar-refractivity contribution in [2.75, 3.05) is 6.61 Å². The fourth-order valence-electron chi connectivity index (χ4n) is 1.25. The van der Waals surface area contributed by atoms with E-state index in [9.17, 15) is 19.3 Å². The van der Waals surface area contributed by atoms with E-state index in [1.807, 2.05) is 0 Å². The molecule has 0 amide bonds. The van der Waals surface area contributed by atoms with E-state index in [1.165, 1.54) is 0 Å². The normalized spacial score (nSPS) is 30.5. The van der Waals surface area contributed by atoms with Gasteiger partial charge in [0.25, 0.3) is 0 Å². The van der Waals surface area contributed by atoms with Gasteiger partial charge in [-0.15, -0.1) is 0 Å². The summed E-state index contributed by atoms with van der Waals surface area (Å²) in [6, 6.07) is 0. The van der Waals surface area contributed by atoms with Crippen molar-refractivity contribution in [3.63, 3.8) is 0 Å². The minimum Gasteiger partial charge on any atom is -0.387 e. The number of phosphoric acid groups is 2. The molecule has 1 heterocycles. The smallest absolute Gasteiger partial charge is 0.387 e. The molecule has 1 saturated heterocycles. The van der Waals surface area contributed by atoms with E-state index in [0.29, 0.717) is 0 Å². The summed E-state index contributed by atoms with van der Waals surface area (Å²) in [5.74, 6) is 0. The molecular formula is C5H12Ba2O11P2. The van der Waals surface area contributed by atoms with Crippen LogP contribution in [0.2, 0.25) is 0 Å². The summed E-state index contributed by atoms with van der Waals surface area (Å²) in [5.41, 5.74) is 0. The van der Waals surface area contributed by atoms with Crippen molar-refractivity contribution in [3.05, 3.63) is 0 Å². The second-order valence-electron chi connectivity index (χ2n) is 3.41. The van der Waals surface area contributed by atoms with Crippen molar-refractivity contribution in [3.8, 4) is 0 Å². The zero-order valence-corrected chi connectivity index (χ0v) is 20.7. The molecule has 0 aliphatic carbocycles. The topological polar surface area (TPSA) is 183 Å². The average Bonchev–Trinajstić information content (AvgIpc) is 2.40. The molecule has 4 radical (unpaired) electrons. The Morgan fingerprint density at radius 1 is 0.950 bits per heavy atom. The molecule has 1 aliphatic rings. The Bertz CT molecular complexity index is 381. The van der Waals surface area contributed by atoms with Crippen molar-refractivity contribution in [2.45, 2.75) is 24.6 Å². The zero-order valence-electron chi connectivity index (χ0n) is 10.0. The van der Waals surface area contributed by atoms with Crippen LogP contribution in [-0.2, 0) is 22.9 Å². The molecule has 20 heavy (non-hydrogen) atoms. The monoisotopic (exact) mass is 586 g/mol. The molecule has 15 heteroatoms. The van der Waals surface area contributed by atoms with Crippen LogP contribution in [0.3, 0.4) is 0 Å². The van der Waals surface area contributed by atoms with Gasteiger partial charge >= 0.3 is 15.6 Å². The van der Waals surface area contributed by atoms with Gasteiger partial charge in [0.2, 0.25) is 0 Å². The zero-order chi connectivity index (χ0) is 14.1. The van der Waals surface area contributed by atoms with Crippen molar-refractivity contribution in [2.24, 2.45) is 0 Å². The first kappa shape index (κ1) is 25.5. The van der Waals surface area contributed by atoms with Gasteiger partial charge in [-0.05, 0) is 0 Å². The molecule has 0 saturated carbocycles. The van der Waals surface area contributed by atoms with E-state index in [0.717, 1.165) is 0 Å². The maximum atomic E-state index is 10.5. The predicted octanol–water partition coefficient (Wildman–Crippen LogP) is -3.11. The van der Waals surface area contributed by atoms with Crippen LogP contribution >= 0.6 is 15.6 Å². The van der Waals surface area contributed by atoms with Crippen molar-refractivity contribution < 1.29 is 52.7 Å². The molecule has 0 aromatic carbocycles. The Hall–Kier alpha value is 3.24. The minimum absolute atomic E-state index is 0. The number of hydrogen-bond donors (Lipinski definition) is 6. The summed E-state index contributed by atoms with van der Waals surface area (Å²) in [4.78, 5) is 33.8. The third-order valence-electron chi connectivity index (χ3n) is 1.97. The van der Waals surface area contributed by atoms with Crippen molar-refractivity contribution in [1.29, 1.82) is 0 Å². The molecular weight excluding hydrogens is 573 g/mol. The molecule has 112 valence electrons. The molecule has 1 unspecified atom stereocenters. The van der Waals surface area contributed by atoms with E-state index in [2.05, 4.69) is 13.8 Å². The summed E-state index contributed by atoms with van der Waals surface area (Å²) >= 11 is 0. The number of ether oxygens (including phenoxy) is 1. The summed E-state index contributed by atoms with van der Waals surface area (Å²) in [5, 5.41) is 18.7. The molecule has 0 spiro atoms. The number of phosphoric ester groups is 2. The van der Waals surface area contributed by atoms with Crippen LogP contribution in [0.1, 0.15) is 0 Å². The second kappa shape index (κ2) is 10.3. The summed E-state index contributed by atoms with van der Waals surface area (Å²) in [6.45, 7) is -0.788. The first-order valence-electron chi connectivity index (χ1n) is 4.45. The largest absolute Gasteiger partial charge is 0.472 e. The van der Waals surface area contributed by atoms with Gasteiger partial charge in [-0.3, -0.25) is 9.05 Å². The standard InChI is InChI=1S/C5H12O11P2.2Ba/c6-3-2(1-14-17(8,9)10)15-5(4(3)7)16-18(11,12)13;;/h2-7H,1H2,(H2,8,9,10)(H2,11,12,13);;/t2-,3-,4-,5?;;/m1../s1. The van der Waals surface area contributed by atoms with Gasteiger partial charge < -0.3 is 34.5 Å². The Balaban J connectivity index is 0. The third-order valence-corrected chi connectivity index (χ3v) is 2.93. The molecule has 4 atom stereocenters. The quantitative estimate of drug-likeness (QED) is 0.142. The van der Waals surface area contributed by atoms with E-state index >= 15 is 0 Å². The van der Waals surface area contributed by atoms with Crippen molar-refractivity contribution >= 4 is 113 Å². The van der Waals surface area contributed by atoms with Crippen LogP contribution in [0, 0.1) is 0 Å². The van der Waals surface area contributed by atoms with Gasteiger partial charge in [-0.25, -0.2) is 9.13 Å². The van der Waals surface area contributed by atoms with Gasteiger partial charge in [0.1, 0.15) is 18.3 Å². The van der Waals surface area contributed by atoms with Gasteiger partial charge in [0.05, 0.1) is 6.61 Å². The third kappa shape index (κ3) is 9.52. The van der Waals surface area contributed by atoms with Crippen molar-refractivity contribution in [1.82, 2.24) is 0 Å². The number of hydrogen-bond acceptors (Lipinski definition) is 7. The Morgan fingerprint density at radius 3 is 1.85 bits per heavy atom. The maximum absolute atomic E-state index is 10.5. The SMILES string of the molecule is O=P(O)(O)OC[C@H]1OC(OP(=O)(O)O)[C@H](O)[C@@H]1O.[Ba].[Ba]. The van der Waals surface area contributed by atoms with Crippen LogP contribution in [0.25, 0.3) is 0 Å². The van der Waals surface area contributed by atoms with Crippen LogP contribution in [-0.4, -0.2) is 159 Å². The molecule has 1 aliphatic heterocycles. The Morgan fingerprint density at radius 2 is 1.45 bits per heavy atom. The summed E-state index contributed by atoms with van der Waals surface area (Å²) in [6.07, 6.45) is -6.69. The number of aliphatic hydroxyl groups excluding tert-OH is 2. The van der Waals surface area contributed by atoms with Gasteiger partial charge in [-0.1, -0.05) is 0 Å². The summed E-state index contributed by atoms with van der Waals surface area (Å²) < 4.78 is 33.6. The molecule has 1 fully saturated rings. The second-order valence-corrected chi connectivity index (χ2v) is 5.84. The number of aliphatic hydroxyl groups is 2. The minimum atomic E-state index is -4.95. The molecule has 0 bridgehead atoms. The number of rotatable bonds is 5. The fourth-order valence-corrected chi connectivity index (χ4v) is 2.03. The van der Waals surface area contributed by atoms with E-state index in [1.54, 1.807) is 0 Å². The van der Waals surface area contributed by atoms with Gasteiger partial charge in [0.15, 0.2) is 6.29 Å². The first-order valence-corrected chi connectivity index (χ1v) is 7.51. The molecule has 0 aromatic heterocycles. The average molecular weight is 585 g/mol. The Kier molecular flexibility index (Phi) is 13.1. The van der Waals surface area contributed by atoms with E-state index in [4.69, 9.17) is 19.6 Å². The first-order chi connectivity index (χ1) is 7.99. The summed E-state index contributed by atoms with van der Waals surface area (Å²) in [7, 11) is -9.74. The van der Waals surface area contributed by atoms with Crippen LogP contribution < -0.4 is 0 Å². The fraction of sp³-hybridized carbons (Fsp3) is 1.00. The van der Waals surface area contributed by atoms with E-state index in [-0.39, 0.29) is 97.8 Å². The Labute approximate surface area is 194 Å². The molecule has 6 N–H and O–H groups in total. The van der Waals surface area contributed by atoms with Crippen LogP contribution in [0.5, 0.6) is 0 Å². The molecule has 11 nitrogen and oxygen atoms in total. The predicted molar refractivity (Wildman–Crippen MR) is 63.3 cm³/mol.